The van der Waals surface area contributed by atoms with Crippen LogP contribution in [0.2, 0.25) is 0 Å². The molecule has 35 heavy (non-hydrogen) atoms. The van der Waals surface area contributed by atoms with Crippen LogP contribution in [0.5, 0.6) is 11.5 Å². The summed E-state index contributed by atoms with van der Waals surface area (Å²) in [6.45, 7) is -3.22. The molecule has 0 saturated heterocycles. The first kappa shape index (κ1) is 23.7. The molecule has 2 aromatic heterocycles. The summed E-state index contributed by atoms with van der Waals surface area (Å²) in [5, 5.41) is 19.6. The normalized spacial score (nSPS) is 10.9. The molecular formula is C21H14F3N5O5S. The second kappa shape index (κ2) is 10.2. The minimum absolute atomic E-state index is 0.0130. The number of nitro groups is 1. The summed E-state index contributed by atoms with van der Waals surface area (Å²) >= 11 is 1.15. The smallest absolute Gasteiger partial charge is 0.387 e. The fourth-order valence-electron chi connectivity index (χ4n) is 2.88. The van der Waals surface area contributed by atoms with Crippen molar-refractivity contribution < 1.29 is 32.4 Å². The number of aromatic nitrogens is 3. The van der Waals surface area contributed by atoms with Gasteiger partial charge in [-0.3, -0.25) is 20.2 Å². The highest BCUT2D eigenvalue weighted by molar-refractivity contribution is 7.14. The molecule has 180 valence electrons. The first-order valence-electron chi connectivity index (χ1n) is 9.71. The number of hydrogen-bond donors (Lipinski definition) is 1. The maximum atomic E-state index is 13.4. The molecule has 0 aliphatic heterocycles. The zero-order valence-electron chi connectivity index (χ0n) is 17.4. The van der Waals surface area contributed by atoms with Crippen molar-refractivity contribution in [1.82, 2.24) is 14.8 Å². The first-order chi connectivity index (χ1) is 16.8. The highest BCUT2D eigenvalue weighted by Crippen LogP contribution is 2.28. The summed E-state index contributed by atoms with van der Waals surface area (Å²) in [5.74, 6) is -1.53. The van der Waals surface area contributed by atoms with E-state index in [0.717, 1.165) is 29.5 Å². The van der Waals surface area contributed by atoms with Crippen molar-refractivity contribution in [3.8, 4) is 22.8 Å². The van der Waals surface area contributed by atoms with Gasteiger partial charge in [-0.2, -0.15) is 13.9 Å². The lowest BCUT2D eigenvalue weighted by molar-refractivity contribution is -0.386. The molecule has 0 spiro atoms. The van der Waals surface area contributed by atoms with Gasteiger partial charge in [0, 0.05) is 29.3 Å². The quantitative estimate of drug-likeness (QED) is 0.252. The summed E-state index contributed by atoms with van der Waals surface area (Å²) in [5.41, 5.74) is 0.764. The Hall–Kier alpha value is -4.46. The minimum atomic E-state index is -2.92. The van der Waals surface area contributed by atoms with Gasteiger partial charge in [-0.25, -0.2) is 14.1 Å². The molecule has 0 radical (unpaired) electrons. The van der Waals surface area contributed by atoms with Crippen LogP contribution in [0.25, 0.3) is 11.3 Å². The van der Waals surface area contributed by atoms with Crippen LogP contribution in [0.4, 0.5) is 24.0 Å². The van der Waals surface area contributed by atoms with E-state index in [2.05, 4.69) is 20.1 Å². The number of thiazole rings is 1. The highest BCUT2D eigenvalue weighted by atomic mass is 32.1. The van der Waals surface area contributed by atoms with E-state index < -0.39 is 28.9 Å². The van der Waals surface area contributed by atoms with Crippen molar-refractivity contribution in [2.75, 3.05) is 5.32 Å². The van der Waals surface area contributed by atoms with Gasteiger partial charge in [0.25, 0.3) is 5.91 Å². The van der Waals surface area contributed by atoms with Crippen LogP contribution in [-0.2, 0) is 6.73 Å². The number of carbonyl (C=O) groups is 1. The van der Waals surface area contributed by atoms with Crippen molar-refractivity contribution >= 4 is 28.1 Å². The summed E-state index contributed by atoms with van der Waals surface area (Å²) in [4.78, 5) is 27.1. The van der Waals surface area contributed by atoms with E-state index in [4.69, 9.17) is 4.74 Å². The van der Waals surface area contributed by atoms with Gasteiger partial charge in [0.1, 0.15) is 11.6 Å². The van der Waals surface area contributed by atoms with E-state index in [0.29, 0.717) is 11.3 Å². The number of halogens is 3. The molecule has 2 heterocycles. The van der Waals surface area contributed by atoms with Gasteiger partial charge in [-0.05, 0) is 36.4 Å². The molecule has 0 saturated carbocycles. The van der Waals surface area contributed by atoms with Crippen molar-refractivity contribution in [2.24, 2.45) is 0 Å². The predicted octanol–water partition coefficient (Wildman–Crippen LogP) is 4.94. The third-order valence-corrected chi connectivity index (χ3v) is 5.20. The molecule has 0 fully saturated rings. The zero-order chi connectivity index (χ0) is 24.9. The summed E-state index contributed by atoms with van der Waals surface area (Å²) in [6.07, 6.45) is 1.41. The number of ether oxygens (including phenoxy) is 2. The van der Waals surface area contributed by atoms with E-state index in [1.165, 1.54) is 29.1 Å². The Morgan fingerprint density at radius 3 is 2.69 bits per heavy atom. The van der Waals surface area contributed by atoms with E-state index in [1.54, 1.807) is 17.5 Å². The fourth-order valence-corrected chi connectivity index (χ4v) is 3.59. The summed E-state index contributed by atoms with van der Waals surface area (Å²) < 4.78 is 48.7. The predicted molar refractivity (Wildman–Crippen MR) is 118 cm³/mol. The number of hydrogen-bond acceptors (Lipinski definition) is 8. The molecule has 4 aromatic rings. The Kier molecular flexibility index (Phi) is 6.91. The molecule has 0 atom stereocenters. The molecular weight excluding hydrogens is 491 g/mol. The van der Waals surface area contributed by atoms with Crippen LogP contribution in [0.15, 0.2) is 60.1 Å². The molecule has 0 bridgehead atoms. The summed E-state index contributed by atoms with van der Waals surface area (Å²) in [6, 6.07) is 10.1. The van der Waals surface area contributed by atoms with Gasteiger partial charge in [-0.15, -0.1) is 11.3 Å². The van der Waals surface area contributed by atoms with Gasteiger partial charge < -0.3 is 9.47 Å². The fraction of sp³-hybridized carbons (Fsp3) is 0.0952. The molecule has 0 unspecified atom stereocenters. The molecule has 0 aliphatic rings. The second-order valence-corrected chi connectivity index (χ2v) is 7.64. The lowest BCUT2D eigenvalue weighted by Crippen LogP contribution is -2.14. The van der Waals surface area contributed by atoms with Crippen LogP contribution < -0.4 is 14.8 Å². The Morgan fingerprint density at radius 2 is 1.97 bits per heavy atom. The first-order valence-corrected chi connectivity index (χ1v) is 10.6. The van der Waals surface area contributed by atoms with E-state index in [-0.39, 0.29) is 29.1 Å². The van der Waals surface area contributed by atoms with E-state index >= 15 is 0 Å². The second-order valence-electron chi connectivity index (χ2n) is 6.78. The van der Waals surface area contributed by atoms with Crippen molar-refractivity contribution in [2.45, 2.75) is 13.3 Å². The average Bonchev–Trinajstić information content (AvgIpc) is 3.47. The number of carbonyl (C=O) groups excluding carboxylic acids is 1. The number of rotatable bonds is 9. The van der Waals surface area contributed by atoms with Gasteiger partial charge in [-0.1, -0.05) is 0 Å². The number of nitro benzene ring substituents is 1. The highest BCUT2D eigenvalue weighted by Gasteiger charge is 2.17. The van der Waals surface area contributed by atoms with Crippen molar-refractivity contribution in [3.63, 3.8) is 0 Å². The molecule has 4 rings (SSSR count). The zero-order valence-corrected chi connectivity index (χ0v) is 18.2. The topological polar surface area (TPSA) is 121 Å². The maximum Gasteiger partial charge on any atom is 0.387 e. The third-order valence-electron chi connectivity index (χ3n) is 4.44. The number of anilines is 1. The Morgan fingerprint density at radius 1 is 1.20 bits per heavy atom. The standard InChI is InChI=1S/C21H14F3N5O5S/c22-13-3-6-17(29(31)32)18(9-13)33-11-28-8-7-15(27-28)19(30)26-21-25-16(10-35-21)12-1-4-14(5-2-12)34-20(23)24/h1-10,20H,11H2,(H,25,26,30). The maximum absolute atomic E-state index is 13.4. The lowest BCUT2D eigenvalue weighted by Gasteiger charge is -2.06. The molecule has 0 aliphatic carbocycles. The summed E-state index contributed by atoms with van der Waals surface area (Å²) in [7, 11) is 0. The number of benzene rings is 2. The molecule has 10 nitrogen and oxygen atoms in total. The van der Waals surface area contributed by atoms with Gasteiger partial charge in [0.2, 0.25) is 5.75 Å². The Bertz CT molecular complexity index is 1360. The number of amides is 1. The van der Waals surface area contributed by atoms with Gasteiger partial charge >= 0.3 is 12.3 Å². The molecule has 1 amide bonds. The number of nitrogens with zero attached hydrogens (tertiary/aromatic N) is 4. The van der Waals surface area contributed by atoms with Crippen LogP contribution in [0.1, 0.15) is 10.5 Å². The lowest BCUT2D eigenvalue weighted by atomic mass is 10.2. The number of nitrogens with one attached hydrogen (secondary N) is 1. The van der Waals surface area contributed by atoms with Crippen molar-refractivity contribution in [1.29, 1.82) is 0 Å². The average molecular weight is 505 g/mol. The van der Waals surface area contributed by atoms with E-state index in [9.17, 15) is 28.1 Å². The Balaban J connectivity index is 1.37. The van der Waals surface area contributed by atoms with Crippen LogP contribution in [-0.4, -0.2) is 32.2 Å². The monoisotopic (exact) mass is 505 g/mol. The van der Waals surface area contributed by atoms with Crippen LogP contribution in [0.3, 0.4) is 0 Å². The molecule has 2 aromatic carbocycles. The minimum Gasteiger partial charge on any atom is -0.464 e. The molecule has 1 N–H and O–H groups in total. The Labute approximate surface area is 198 Å². The van der Waals surface area contributed by atoms with Gasteiger partial charge in [0.05, 0.1) is 10.6 Å². The van der Waals surface area contributed by atoms with E-state index in [1.807, 2.05) is 0 Å². The van der Waals surface area contributed by atoms with Crippen LogP contribution >= 0.6 is 11.3 Å². The largest absolute Gasteiger partial charge is 0.464 e. The SMILES string of the molecule is O=C(Nc1nc(-c2ccc(OC(F)F)cc2)cs1)c1ccn(COc2cc(F)ccc2[N+](=O)[O-])n1. The third kappa shape index (κ3) is 5.92. The van der Waals surface area contributed by atoms with Crippen LogP contribution in [0, 0.1) is 15.9 Å². The molecule has 14 heteroatoms. The van der Waals surface area contributed by atoms with Crippen molar-refractivity contribution in [3.05, 3.63) is 81.7 Å². The van der Waals surface area contributed by atoms with Gasteiger partial charge in [0.15, 0.2) is 17.6 Å². The number of alkyl halides is 2.